The summed E-state index contributed by atoms with van der Waals surface area (Å²) in [4.78, 5) is 12.7. The average molecular weight is 245 g/mol. The van der Waals surface area contributed by atoms with Crippen LogP contribution in [0.1, 0.15) is 38.2 Å². The molecule has 1 unspecified atom stereocenters. The first-order chi connectivity index (χ1) is 8.70. The molecule has 1 aromatic heterocycles. The fraction of sp³-hybridized carbons (Fsp3) is 0.615. The highest BCUT2D eigenvalue weighted by atomic mass is 15.1. The summed E-state index contributed by atoms with van der Waals surface area (Å²) in [6.45, 7) is 4.23. The van der Waals surface area contributed by atoms with Gasteiger partial charge in [0.2, 0.25) is 5.95 Å². The predicted octanol–water partition coefficient (Wildman–Crippen LogP) is 3.16. The van der Waals surface area contributed by atoms with E-state index < -0.39 is 0 Å². The lowest BCUT2D eigenvalue weighted by atomic mass is 10.1. The van der Waals surface area contributed by atoms with Crippen LogP contribution in [0.4, 0.5) is 5.95 Å². The summed E-state index contributed by atoms with van der Waals surface area (Å²) in [5.74, 6) is 1.54. The van der Waals surface area contributed by atoms with E-state index in [0.29, 0.717) is 17.8 Å². The molecule has 1 atom stereocenters. The molecule has 1 saturated carbocycles. The molecular formula is C13H19N5. The van der Waals surface area contributed by atoms with Gasteiger partial charge in [-0.25, -0.2) is 15.0 Å². The summed E-state index contributed by atoms with van der Waals surface area (Å²) < 4.78 is 0. The van der Waals surface area contributed by atoms with Gasteiger partial charge in [-0.05, 0) is 30.2 Å². The van der Waals surface area contributed by atoms with Crippen molar-refractivity contribution in [2.75, 3.05) is 7.05 Å². The number of rotatable bonds is 5. The molecule has 1 aliphatic carbocycles. The number of hydrogen-bond donors (Lipinski definition) is 0. The maximum Gasteiger partial charge on any atom is 0.248 e. The van der Waals surface area contributed by atoms with Crippen molar-refractivity contribution in [3.8, 4) is 0 Å². The highest BCUT2D eigenvalue weighted by Gasteiger charge is 2.30. The monoisotopic (exact) mass is 245 g/mol. The van der Waals surface area contributed by atoms with Crippen LogP contribution in [-0.4, -0.2) is 29.3 Å². The SMILES string of the molecule is CN=NC(C=Nc1ncc(C(C)C)cn1)C1CC1. The molecule has 2 rings (SSSR count). The zero-order valence-electron chi connectivity index (χ0n) is 11.1. The van der Waals surface area contributed by atoms with Crippen LogP contribution in [0.15, 0.2) is 27.6 Å². The largest absolute Gasteiger partial charge is 0.248 e. The van der Waals surface area contributed by atoms with Gasteiger partial charge in [0.15, 0.2) is 0 Å². The standard InChI is InChI=1S/C13H19N5/c1-9(2)11-6-15-13(16-7-11)17-8-12(18-14-3)10-4-5-10/h6-10,12H,4-5H2,1-3H3. The number of aromatic nitrogens is 2. The Morgan fingerprint density at radius 1 is 1.28 bits per heavy atom. The summed E-state index contributed by atoms with van der Waals surface area (Å²) in [7, 11) is 1.69. The van der Waals surface area contributed by atoms with Gasteiger partial charge in [-0.15, -0.1) is 0 Å². The number of nitrogens with zero attached hydrogens (tertiary/aromatic N) is 5. The van der Waals surface area contributed by atoms with Crippen molar-refractivity contribution in [2.24, 2.45) is 21.1 Å². The summed E-state index contributed by atoms with van der Waals surface area (Å²) in [5.41, 5.74) is 1.13. The zero-order chi connectivity index (χ0) is 13.0. The van der Waals surface area contributed by atoms with E-state index >= 15 is 0 Å². The third-order valence-corrected chi connectivity index (χ3v) is 3.02. The molecule has 0 saturated heterocycles. The Hall–Kier alpha value is -1.65. The van der Waals surface area contributed by atoms with Crippen LogP contribution in [0.5, 0.6) is 0 Å². The van der Waals surface area contributed by atoms with Crippen LogP contribution in [0.25, 0.3) is 0 Å². The first-order valence-electron chi connectivity index (χ1n) is 6.35. The summed E-state index contributed by atoms with van der Waals surface area (Å²) in [6, 6.07) is 0.0865. The minimum Gasteiger partial charge on any atom is -0.222 e. The van der Waals surface area contributed by atoms with Gasteiger partial charge in [-0.3, -0.25) is 0 Å². The molecule has 0 radical (unpaired) electrons. The van der Waals surface area contributed by atoms with E-state index in [1.807, 2.05) is 18.6 Å². The van der Waals surface area contributed by atoms with Gasteiger partial charge in [-0.1, -0.05) is 13.8 Å². The number of azo groups is 1. The van der Waals surface area contributed by atoms with Crippen LogP contribution in [-0.2, 0) is 0 Å². The zero-order valence-corrected chi connectivity index (χ0v) is 11.1. The molecule has 5 nitrogen and oxygen atoms in total. The van der Waals surface area contributed by atoms with E-state index in [2.05, 4.69) is 39.0 Å². The first kappa shape index (κ1) is 12.8. The Morgan fingerprint density at radius 3 is 2.44 bits per heavy atom. The van der Waals surface area contributed by atoms with E-state index in [-0.39, 0.29) is 6.04 Å². The summed E-state index contributed by atoms with van der Waals surface area (Å²) in [6.07, 6.45) is 7.90. The minimum atomic E-state index is 0.0865. The molecule has 0 aliphatic heterocycles. The van der Waals surface area contributed by atoms with Crippen LogP contribution in [0, 0.1) is 5.92 Å². The van der Waals surface area contributed by atoms with Crippen molar-refractivity contribution in [3.63, 3.8) is 0 Å². The Balaban J connectivity index is 2.03. The number of hydrogen-bond acceptors (Lipinski definition) is 5. The predicted molar refractivity (Wildman–Crippen MR) is 71.6 cm³/mol. The Morgan fingerprint density at radius 2 is 1.94 bits per heavy atom. The lowest BCUT2D eigenvalue weighted by Crippen LogP contribution is -2.07. The van der Waals surface area contributed by atoms with Crippen LogP contribution in [0.3, 0.4) is 0 Å². The molecular weight excluding hydrogens is 226 g/mol. The summed E-state index contributed by atoms with van der Waals surface area (Å²) >= 11 is 0. The fourth-order valence-electron chi connectivity index (χ4n) is 1.66. The highest BCUT2D eigenvalue weighted by Crippen LogP contribution is 2.33. The molecule has 1 aromatic rings. The first-order valence-corrected chi connectivity index (χ1v) is 6.35. The quantitative estimate of drug-likeness (QED) is 0.591. The third kappa shape index (κ3) is 3.42. The second-order valence-electron chi connectivity index (χ2n) is 4.89. The van der Waals surface area contributed by atoms with Gasteiger partial charge in [0.25, 0.3) is 0 Å². The average Bonchev–Trinajstić information content (AvgIpc) is 3.19. The topological polar surface area (TPSA) is 62.9 Å². The molecule has 18 heavy (non-hydrogen) atoms. The van der Waals surface area contributed by atoms with Crippen molar-refractivity contribution in [3.05, 3.63) is 18.0 Å². The normalized spacial score (nSPS) is 18.0. The molecule has 1 aliphatic rings. The smallest absolute Gasteiger partial charge is 0.222 e. The molecule has 0 N–H and O–H groups in total. The van der Waals surface area contributed by atoms with Crippen molar-refractivity contribution in [1.29, 1.82) is 0 Å². The van der Waals surface area contributed by atoms with Gasteiger partial charge in [0.05, 0.1) is 0 Å². The fourth-order valence-corrected chi connectivity index (χ4v) is 1.66. The van der Waals surface area contributed by atoms with E-state index in [9.17, 15) is 0 Å². The molecule has 1 fully saturated rings. The molecule has 0 bridgehead atoms. The van der Waals surface area contributed by atoms with Crippen LogP contribution < -0.4 is 0 Å². The second-order valence-corrected chi connectivity index (χ2v) is 4.89. The van der Waals surface area contributed by atoms with Crippen LogP contribution >= 0.6 is 0 Å². The van der Waals surface area contributed by atoms with E-state index in [1.54, 1.807) is 7.05 Å². The lowest BCUT2D eigenvalue weighted by molar-refractivity contribution is 0.714. The third-order valence-electron chi connectivity index (χ3n) is 3.02. The van der Waals surface area contributed by atoms with Crippen molar-refractivity contribution in [1.82, 2.24) is 9.97 Å². The van der Waals surface area contributed by atoms with Gasteiger partial charge >= 0.3 is 0 Å². The molecule has 5 heteroatoms. The van der Waals surface area contributed by atoms with Crippen LogP contribution in [0.2, 0.25) is 0 Å². The molecule has 0 aromatic carbocycles. The minimum absolute atomic E-state index is 0.0865. The molecule has 0 amide bonds. The van der Waals surface area contributed by atoms with E-state index in [4.69, 9.17) is 0 Å². The van der Waals surface area contributed by atoms with Gasteiger partial charge in [-0.2, -0.15) is 10.2 Å². The van der Waals surface area contributed by atoms with Crippen molar-refractivity contribution >= 4 is 12.2 Å². The Labute approximate surface area is 107 Å². The van der Waals surface area contributed by atoms with Crippen molar-refractivity contribution < 1.29 is 0 Å². The maximum absolute atomic E-state index is 4.29. The second kappa shape index (κ2) is 5.80. The van der Waals surface area contributed by atoms with Crippen molar-refractivity contribution in [2.45, 2.75) is 38.6 Å². The Bertz CT molecular complexity index is 431. The van der Waals surface area contributed by atoms with Gasteiger partial charge in [0.1, 0.15) is 6.04 Å². The molecule has 96 valence electrons. The molecule has 0 spiro atoms. The maximum atomic E-state index is 4.29. The lowest BCUT2D eigenvalue weighted by Gasteiger charge is -2.04. The molecule has 1 heterocycles. The Kier molecular flexibility index (Phi) is 4.12. The van der Waals surface area contributed by atoms with E-state index in [1.165, 1.54) is 12.8 Å². The van der Waals surface area contributed by atoms with E-state index in [0.717, 1.165) is 5.56 Å². The van der Waals surface area contributed by atoms with Gasteiger partial charge in [0, 0.05) is 25.7 Å². The van der Waals surface area contributed by atoms with Gasteiger partial charge < -0.3 is 0 Å². The number of aliphatic imine (C=N–C) groups is 1. The summed E-state index contributed by atoms with van der Waals surface area (Å²) in [5, 5.41) is 8.01. The highest BCUT2D eigenvalue weighted by molar-refractivity contribution is 5.68.